The number of nitrogens with zero attached hydrogens (tertiary/aromatic N) is 1. The molecule has 0 saturated carbocycles. The lowest BCUT2D eigenvalue weighted by Gasteiger charge is -2.22. The number of carbonyl (C=O) groups excluding carboxylic acids is 2. The number of aryl methyl sites for hydroxylation is 1. The van der Waals surface area contributed by atoms with Gasteiger partial charge in [-0.25, -0.2) is 0 Å². The second-order valence-electron chi connectivity index (χ2n) is 5.76. The molecule has 0 aliphatic carbocycles. The fourth-order valence-corrected chi connectivity index (χ4v) is 2.70. The van der Waals surface area contributed by atoms with Gasteiger partial charge in [-0.3, -0.25) is 9.59 Å². The molecule has 1 aromatic rings. The van der Waals surface area contributed by atoms with E-state index in [1.165, 1.54) is 5.56 Å². The molecule has 0 spiro atoms. The molecular weight excluding hydrogens is 264 g/mol. The summed E-state index contributed by atoms with van der Waals surface area (Å²) in [5.41, 5.74) is 1.99. The normalized spacial score (nSPS) is 19.2. The number of hydrogen-bond donors (Lipinski definition) is 1. The van der Waals surface area contributed by atoms with E-state index in [2.05, 4.69) is 12.2 Å². The number of benzene rings is 1. The third kappa shape index (κ3) is 4.31. The van der Waals surface area contributed by atoms with Crippen LogP contribution in [0.15, 0.2) is 24.3 Å². The number of nitrogens with one attached hydrogen (secondary N) is 1. The van der Waals surface area contributed by atoms with Gasteiger partial charge in [-0.15, -0.1) is 0 Å². The van der Waals surface area contributed by atoms with Crippen molar-refractivity contribution < 1.29 is 9.59 Å². The lowest BCUT2D eigenvalue weighted by atomic mass is 10.1. The van der Waals surface area contributed by atoms with Crippen LogP contribution in [0.1, 0.15) is 38.7 Å². The van der Waals surface area contributed by atoms with Crippen molar-refractivity contribution in [1.82, 2.24) is 4.90 Å². The van der Waals surface area contributed by atoms with Crippen LogP contribution in [0, 0.1) is 5.92 Å². The number of anilines is 1. The minimum atomic E-state index is -0.120. The van der Waals surface area contributed by atoms with Crippen LogP contribution in [0.2, 0.25) is 0 Å². The average molecular weight is 288 g/mol. The summed E-state index contributed by atoms with van der Waals surface area (Å²) in [6.07, 6.45) is 3.90. The number of carbonyl (C=O) groups is 2. The Kier molecular flexibility index (Phi) is 5.37. The largest absolute Gasteiger partial charge is 0.333 e. The molecule has 0 aromatic heterocycles. The molecule has 1 aromatic carbocycles. The number of rotatable bonds is 4. The standard InChI is InChI=1S/C17H24N2O2/c1-3-14-8-6-9-15(11-14)18-16(20)12-19-10-5-4-7-13(2)17(19)21/h6,8-9,11,13H,3-5,7,10,12H2,1-2H3,(H,18,20). The van der Waals surface area contributed by atoms with Gasteiger partial charge in [-0.1, -0.05) is 32.4 Å². The highest BCUT2D eigenvalue weighted by atomic mass is 16.2. The van der Waals surface area contributed by atoms with E-state index in [4.69, 9.17) is 0 Å². The average Bonchev–Trinajstić information content (AvgIpc) is 2.63. The number of hydrogen-bond acceptors (Lipinski definition) is 2. The van der Waals surface area contributed by atoms with Gasteiger partial charge >= 0.3 is 0 Å². The number of amides is 2. The molecule has 0 bridgehead atoms. The fourth-order valence-electron chi connectivity index (χ4n) is 2.70. The summed E-state index contributed by atoms with van der Waals surface area (Å²) in [6.45, 7) is 4.87. The molecule has 1 unspecified atom stereocenters. The molecular formula is C17H24N2O2. The molecule has 1 N–H and O–H groups in total. The summed E-state index contributed by atoms with van der Waals surface area (Å²) in [5.74, 6) is 0.0133. The monoisotopic (exact) mass is 288 g/mol. The van der Waals surface area contributed by atoms with Gasteiger partial charge in [-0.2, -0.15) is 0 Å². The van der Waals surface area contributed by atoms with Gasteiger partial charge in [0.1, 0.15) is 0 Å². The van der Waals surface area contributed by atoms with Crippen LogP contribution < -0.4 is 5.32 Å². The van der Waals surface area contributed by atoms with E-state index in [1.807, 2.05) is 31.2 Å². The van der Waals surface area contributed by atoms with Crippen LogP contribution in [0.5, 0.6) is 0 Å². The van der Waals surface area contributed by atoms with Crippen molar-refractivity contribution in [2.45, 2.75) is 39.5 Å². The van der Waals surface area contributed by atoms with Crippen molar-refractivity contribution in [3.63, 3.8) is 0 Å². The molecule has 2 rings (SSSR count). The Bertz CT molecular complexity index is 513. The SMILES string of the molecule is CCc1cccc(NC(=O)CN2CCCCC(C)C2=O)c1. The van der Waals surface area contributed by atoms with Crippen molar-refractivity contribution in [3.8, 4) is 0 Å². The lowest BCUT2D eigenvalue weighted by Crippen LogP contribution is -2.40. The maximum atomic E-state index is 12.2. The smallest absolute Gasteiger partial charge is 0.243 e. The first-order chi connectivity index (χ1) is 10.1. The predicted molar refractivity (Wildman–Crippen MR) is 84.0 cm³/mol. The van der Waals surface area contributed by atoms with Crippen molar-refractivity contribution in [3.05, 3.63) is 29.8 Å². The Balaban J connectivity index is 1.95. The molecule has 0 radical (unpaired) electrons. The summed E-state index contributed by atoms with van der Waals surface area (Å²) < 4.78 is 0. The third-order valence-electron chi connectivity index (χ3n) is 4.00. The van der Waals surface area contributed by atoms with Crippen molar-refractivity contribution in [2.24, 2.45) is 5.92 Å². The molecule has 21 heavy (non-hydrogen) atoms. The molecule has 1 aliphatic rings. The Hall–Kier alpha value is -1.84. The first kappa shape index (κ1) is 15.5. The highest BCUT2D eigenvalue weighted by molar-refractivity contribution is 5.94. The van der Waals surface area contributed by atoms with Gasteiger partial charge in [-0.05, 0) is 37.0 Å². The molecule has 1 heterocycles. The Morgan fingerprint density at radius 2 is 2.19 bits per heavy atom. The van der Waals surface area contributed by atoms with Gasteiger partial charge in [0.05, 0.1) is 6.54 Å². The van der Waals surface area contributed by atoms with Gasteiger partial charge in [0.15, 0.2) is 0 Å². The van der Waals surface area contributed by atoms with Crippen LogP contribution in [-0.2, 0) is 16.0 Å². The molecule has 114 valence electrons. The first-order valence-electron chi connectivity index (χ1n) is 7.77. The molecule has 4 heteroatoms. The zero-order valence-electron chi connectivity index (χ0n) is 12.9. The Morgan fingerprint density at radius 3 is 2.95 bits per heavy atom. The Labute approximate surface area is 126 Å². The molecule has 1 saturated heterocycles. The minimum absolute atomic E-state index is 0.0312. The predicted octanol–water partition coefficient (Wildman–Crippen LogP) is 2.84. The van der Waals surface area contributed by atoms with E-state index in [0.717, 1.165) is 31.4 Å². The zero-order valence-corrected chi connectivity index (χ0v) is 12.9. The highest BCUT2D eigenvalue weighted by Gasteiger charge is 2.24. The topological polar surface area (TPSA) is 49.4 Å². The van der Waals surface area contributed by atoms with Crippen LogP contribution >= 0.6 is 0 Å². The van der Waals surface area contributed by atoms with Crippen molar-refractivity contribution in [1.29, 1.82) is 0 Å². The maximum Gasteiger partial charge on any atom is 0.243 e. The second-order valence-corrected chi connectivity index (χ2v) is 5.76. The van der Waals surface area contributed by atoms with Gasteiger partial charge in [0, 0.05) is 18.2 Å². The molecule has 4 nitrogen and oxygen atoms in total. The van der Waals surface area contributed by atoms with E-state index in [-0.39, 0.29) is 24.3 Å². The summed E-state index contributed by atoms with van der Waals surface area (Å²) >= 11 is 0. The minimum Gasteiger partial charge on any atom is -0.333 e. The first-order valence-corrected chi connectivity index (χ1v) is 7.77. The van der Waals surface area contributed by atoms with Crippen LogP contribution in [0.3, 0.4) is 0 Å². The summed E-state index contributed by atoms with van der Waals surface area (Å²) in [6, 6.07) is 7.83. The highest BCUT2D eigenvalue weighted by Crippen LogP contribution is 2.17. The van der Waals surface area contributed by atoms with E-state index < -0.39 is 0 Å². The number of likely N-dealkylation sites (tertiary alicyclic amines) is 1. The van der Waals surface area contributed by atoms with E-state index in [0.29, 0.717) is 6.54 Å². The van der Waals surface area contributed by atoms with Gasteiger partial charge in [0.2, 0.25) is 11.8 Å². The maximum absolute atomic E-state index is 12.2. The molecule has 1 atom stereocenters. The molecule has 1 fully saturated rings. The van der Waals surface area contributed by atoms with Gasteiger partial charge < -0.3 is 10.2 Å². The molecule has 1 aliphatic heterocycles. The van der Waals surface area contributed by atoms with Crippen LogP contribution in [0.4, 0.5) is 5.69 Å². The van der Waals surface area contributed by atoms with Crippen molar-refractivity contribution >= 4 is 17.5 Å². The fraction of sp³-hybridized carbons (Fsp3) is 0.529. The van der Waals surface area contributed by atoms with E-state index in [1.54, 1.807) is 4.90 Å². The summed E-state index contributed by atoms with van der Waals surface area (Å²) in [5, 5.41) is 2.89. The second kappa shape index (κ2) is 7.25. The Morgan fingerprint density at radius 1 is 1.38 bits per heavy atom. The van der Waals surface area contributed by atoms with E-state index in [9.17, 15) is 9.59 Å². The lowest BCUT2D eigenvalue weighted by molar-refractivity contribution is -0.137. The van der Waals surface area contributed by atoms with Crippen LogP contribution in [0.25, 0.3) is 0 Å². The summed E-state index contributed by atoms with van der Waals surface area (Å²) in [4.78, 5) is 26.0. The molecule has 2 amide bonds. The third-order valence-corrected chi connectivity index (χ3v) is 4.00. The van der Waals surface area contributed by atoms with E-state index >= 15 is 0 Å². The summed E-state index contributed by atoms with van der Waals surface area (Å²) in [7, 11) is 0. The quantitative estimate of drug-likeness (QED) is 0.926. The zero-order chi connectivity index (χ0) is 15.2. The van der Waals surface area contributed by atoms with Crippen molar-refractivity contribution in [2.75, 3.05) is 18.4 Å². The van der Waals surface area contributed by atoms with Gasteiger partial charge in [0.25, 0.3) is 0 Å². The van der Waals surface area contributed by atoms with Crippen LogP contribution in [-0.4, -0.2) is 29.8 Å².